The van der Waals surface area contributed by atoms with Gasteiger partial charge in [-0.25, -0.2) is 0 Å². The molecule has 0 heterocycles. The largest absolute Gasteiger partial charge is 0.448 e. The average Bonchev–Trinajstić information content (AvgIpc) is 1.79. The standard InChI is InChI=1S/C3H6O5S.CH4O3S.CH4/c1-2-3(4)8-9(5,6)7;1-5(2,3)4;/h2H2,1H3,(H,5,6,7);1H3,(H,2,3,4);1H4. The summed E-state index contributed by atoms with van der Waals surface area (Å²) in [7, 11) is -8.25. The monoisotopic (exact) mass is 266 g/mol. The van der Waals surface area contributed by atoms with Crippen LogP contribution in [0.3, 0.4) is 0 Å². The molecule has 0 saturated heterocycles. The minimum atomic E-state index is -4.58. The molecule has 10 heteroatoms. The molecule has 0 bridgehead atoms. The molecule has 0 amide bonds. The minimum absolute atomic E-state index is 0. The Kier molecular flexibility index (Phi) is 9.99. The first-order valence-electron chi connectivity index (χ1n) is 3.08. The zero-order valence-corrected chi connectivity index (χ0v) is 9.00. The van der Waals surface area contributed by atoms with Gasteiger partial charge in [0, 0.05) is 6.42 Å². The van der Waals surface area contributed by atoms with E-state index in [9.17, 15) is 21.6 Å². The van der Waals surface area contributed by atoms with Crippen LogP contribution in [0.2, 0.25) is 0 Å². The van der Waals surface area contributed by atoms with Gasteiger partial charge >= 0.3 is 16.4 Å². The van der Waals surface area contributed by atoms with E-state index in [2.05, 4.69) is 4.18 Å². The Morgan fingerprint density at radius 1 is 1.20 bits per heavy atom. The molecule has 0 aromatic rings. The van der Waals surface area contributed by atoms with Gasteiger partial charge in [-0.3, -0.25) is 13.9 Å². The van der Waals surface area contributed by atoms with E-state index >= 15 is 0 Å². The number of carbonyl (C=O) groups excluding carboxylic acids is 1. The molecule has 0 aromatic carbocycles. The van der Waals surface area contributed by atoms with Crippen molar-refractivity contribution in [3.8, 4) is 0 Å². The van der Waals surface area contributed by atoms with Crippen LogP contribution in [-0.2, 0) is 29.5 Å². The average molecular weight is 266 g/mol. The Hall–Kier alpha value is -0.710. The molecule has 0 aromatic heterocycles. The van der Waals surface area contributed by atoms with Gasteiger partial charge in [0.2, 0.25) is 0 Å². The van der Waals surface area contributed by atoms with Crippen LogP contribution in [0, 0.1) is 0 Å². The molecular weight excluding hydrogens is 252 g/mol. The van der Waals surface area contributed by atoms with Gasteiger partial charge in [-0.05, 0) is 0 Å². The highest BCUT2D eigenvalue weighted by Gasteiger charge is 2.09. The molecular formula is C5H14O8S2. The Balaban J connectivity index is -0.000000208. The fourth-order valence-corrected chi connectivity index (χ4v) is 0.529. The van der Waals surface area contributed by atoms with Crippen LogP contribution < -0.4 is 0 Å². The Bertz CT molecular complexity index is 356. The highest BCUT2D eigenvalue weighted by molar-refractivity contribution is 7.85. The van der Waals surface area contributed by atoms with Crippen LogP contribution in [0.4, 0.5) is 0 Å². The Morgan fingerprint density at radius 2 is 1.47 bits per heavy atom. The van der Waals surface area contributed by atoms with Gasteiger partial charge in [-0.2, -0.15) is 16.8 Å². The lowest BCUT2D eigenvalue weighted by molar-refractivity contribution is -0.133. The van der Waals surface area contributed by atoms with Gasteiger partial charge in [0.1, 0.15) is 0 Å². The zero-order chi connectivity index (χ0) is 12.0. The molecule has 0 fully saturated rings. The van der Waals surface area contributed by atoms with Crippen molar-refractivity contribution in [1.82, 2.24) is 0 Å². The molecule has 0 unspecified atom stereocenters. The van der Waals surface area contributed by atoms with E-state index in [4.69, 9.17) is 9.11 Å². The number of hydrogen-bond donors (Lipinski definition) is 2. The Morgan fingerprint density at radius 3 is 1.53 bits per heavy atom. The third kappa shape index (κ3) is 42.8. The molecule has 0 saturated carbocycles. The number of rotatable bonds is 2. The highest BCUT2D eigenvalue weighted by Crippen LogP contribution is 1.89. The van der Waals surface area contributed by atoms with Crippen LogP contribution in [-0.4, -0.2) is 38.2 Å². The topological polar surface area (TPSA) is 135 Å². The van der Waals surface area contributed by atoms with E-state index in [-0.39, 0.29) is 13.8 Å². The summed E-state index contributed by atoms with van der Waals surface area (Å²) in [4.78, 5) is 10.1. The molecule has 0 radical (unpaired) electrons. The summed E-state index contributed by atoms with van der Waals surface area (Å²) < 4.78 is 56.6. The molecule has 0 atom stereocenters. The number of carbonyl (C=O) groups is 1. The SMILES string of the molecule is C.CCC(=O)OS(=O)(=O)O.CS(=O)(=O)O. The maximum Gasteiger partial charge on any atom is 0.448 e. The van der Waals surface area contributed by atoms with Crippen LogP contribution in [0.15, 0.2) is 0 Å². The fourth-order valence-electron chi connectivity index (χ4n) is 0.176. The summed E-state index contributed by atoms with van der Waals surface area (Å²) in [6.07, 6.45) is 0.632. The van der Waals surface area contributed by atoms with Crippen molar-refractivity contribution in [3.63, 3.8) is 0 Å². The molecule has 0 aliphatic rings. The van der Waals surface area contributed by atoms with Gasteiger partial charge in [-0.15, -0.1) is 0 Å². The minimum Gasteiger partial charge on any atom is -0.325 e. The Labute approximate surface area is 89.0 Å². The lowest BCUT2D eigenvalue weighted by Gasteiger charge is -1.93. The first-order chi connectivity index (χ1) is 5.95. The maximum absolute atomic E-state index is 10.1. The van der Waals surface area contributed by atoms with E-state index in [1.54, 1.807) is 0 Å². The lowest BCUT2D eigenvalue weighted by Crippen LogP contribution is -2.09. The van der Waals surface area contributed by atoms with Crippen molar-refractivity contribution in [1.29, 1.82) is 0 Å². The molecule has 15 heavy (non-hydrogen) atoms. The quantitative estimate of drug-likeness (QED) is 0.660. The molecule has 0 spiro atoms. The van der Waals surface area contributed by atoms with Crippen LogP contribution in [0.1, 0.15) is 20.8 Å². The van der Waals surface area contributed by atoms with E-state index in [1.165, 1.54) is 6.92 Å². The van der Waals surface area contributed by atoms with Crippen LogP contribution in [0.5, 0.6) is 0 Å². The maximum atomic E-state index is 10.1. The zero-order valence-electron chi connectivity index (χ0n) is 7.37. The molecule has 0 aliphatic heterocycles. The van der Waals surface area contributed by atoms with Crippen molar-refractivity contribution in [3.05, 3.63) is 0 Å². The third-order valence-corrected chi connectivity index (χ3v) is 0.883. The highest BCUT2D eigenvalue weighted by atomic mass is 32.3. The second kappa shape index (κ2) is 7.56. The van der Waals surface area contributed by atoms with E-state index in [0.717, 1.165) is 0 Å². The van der Waals surface area contributed by atoms with E-state index in [1.807, 2.05) is 0 Å². The molecule has 8 nitrogen and oxygen atoms in total. The van der Waals surface area contributed by atoms with Gasteiger partial charge in [-0.1, -0.05) is 14.4 Å². The van der Waals surface area contributed by atoms with E-state index < -0.39 is 26.5 Å². The van der Waals surface area contributed by atoms with Crippen molar-refractivity contribution in [2.24, 2.45) is 0 Å². The van der Waals surface area contributed by atoms with Crippen LogP contribution >= 0.6 is 0 Å². The van der Waals surface area contributed by atoms with Crippen molar-refractivity contribution >= 4 is 26.5 Å². The first kappa shape index (κ1) is 19.8. The van der Waals surface area contributed by atoms with Crippen molar-refractivity contribution in [2.75, 3.05) is 6.26 Å². The number of hydrogen-bond acceptors (Lipinski definition) is 6. The van der Waals surface area contributed by atoms with Gasteiger partial charge in [0.05, 0.1) is 6.26 Å². The summed E-state index contributed by atoms with van der Waals surface area (Å²) in [6, 6.07) is 0. The second-order valence-corrected chi connectivity index (χ2v) is 4.46. The fraction of sp³-hybridized carbons (Fsp3) is 0.800. The molecule has 94 valence electrons. The smallest absolute Gasteiger partial charge is 0.325 e. The normalized spacial score (nSPS) is 10.4. The lowest BCUT2D eigenvalue weighted by atomic mass is 10.5. The molecule has 0 rings (SSSR count). The third-order valence-electron chi connectivity index (χ3n) is 0.487. The summed E-state index contributed by atoms with van der Waals surface area (Å²) in [5.41, 5.74) is 0. The summed E-state index contributed by atoms with van der Waals surface area (Å²) >= 11 is 0. The van der Waals surface area contributed by atoms with E-state index in [0.29, 0.717) is 6.26 Å². The van der Waals surface area contributed by atoms with Gasteiger partial charge < -0.3 is 4.18 Å². The molecule has 0 aliphatic carbocycles. The van der Waals surface area contributed by atoms with Crippen LogP contribution in [0.25, 0.3) is 0 Å². The van der Waals surface area contributed by atoms with Crippen molar-refractivity contribution < 1.29 is 34.9 Å². The predicted octanol–water partition coefficient (Wildman–Crippen LogP) is -0.117. The van der Waals surface area contributed by atoms with Gasteiger partial charge in [0.15, 0.2) is 0 Å². The summed E-state index contributed by atoms with van der Waals surface area (Å²) in [6.45, 7) is 1.41. The first-order valence-corrected chi connectivity index (χ1v) is 6.29. The molecule has 2 N–H and O–H groups in total. The summed E-state index contributed by atoms with van der Waals surface area (Å²) in [5, 5.41) is 0. The summed E-state index contributed by atoms with van der Waals surface area (Å²) in [5.74, 6) is -0.975. The second-order valence-electron chi connectivity index (χ2n) is 1.97. The predicted molar refractivity (Wildman–Crippen MR) is 52.1 cm³/mol. The van der Waals surface area contributed by atoms with Crippen molar-refractivity contribution in [2.45, 2.75) is 20.8 Å². The van der Waals surface area contributed by atoms with Gasteiger partial charge in [0.25, 0.3) is 10.1 Å².